The number of ether oxygens (including phenoxy) is 2. The fourth-order valence-corrected chi connectivity index (χ4v) is 2.81. The lowest BCUT2D eigenvalue weighted by atomic mass is 10.1. The molecule has 0 aliphatic carbocycles. The number of esters is 1. The first kappa shape index (κ1) is 20.7. The van der Waals surface area contributed by atoms with E-state index in [4.69, 9.17) is 13.9 Å². The van der Waals surface area contributed by atoms with Crippen molar-refractivity contribution in [1.29, 1.82) is 0 Å². The predicted octanol–water partition coefficient (Wildman–Crippen LogP) is 3.26. The lowest BCUT2D eigenvalue weighted by Gasteiger charge is -2.12. The Morgan fingerprint density at radius 3 is 2.47 bits per heavy atom. The zero-order valence-corrected chi connectivity index (χ0v) is 16.4. The zero-order valence-electron chi connectivity index (χ0n) is 16.4. The number of hydrogen-bond acceptors (Lipinski definition) is 6. The van der Waals surface area contributed by atoms with E-state index in [2.05, 4.69) is 10.6 Å². The number of anilines is 1. The summed E-state index contributed by atoms with van der Waals surface area (Å²) in [5.74, 6) is -0.868. The molecular formula is C22H20N2O6. The van der Waals surface area contributed by atoms with Crippen LogP contribution in [0.15, 0.2) is 65.5 Å². The van der Waals surface area contributed by atoms with Crippen molar-refractivity contribution in [1.82, 2.24) is 5.32 Å². The minimum atomic E-state index is -0.564. The van der Waals surface area contributed by atoms with Gasteiger partial charge >= 0.3 is 5.97 Å². The predicted molar refractivity (Wildman–Crippen MR) is 109 cm³/mol. The molecule has 2 amide bonds. The minimum absolute atomic E-state index is 0.131. The first-order chi connectivity index (χ1) is 14.5. The number of benzene rings is 2. The van der Waals surface area contributed by atoms with Crippen LogP contribution in [0, 0.1) is 0 Å². The van der Waals surface area contributed by atoms with E-state index in [1.165, 1.54) is 32.8 Å². The fraction of sp³-hybridized carbons (Fsp3) is 0.136. The standard InChI is InChI=1S/C22H20N2O6/c1-28-19-6-4-3-5-18(19)21(26)24-17-10-14(9-16(11-17)22(27)29-2)12-23-20(25)15-7-8-30-13-15/h3-11,13H,12H2,1-2H3,(H,23,25)(H,24,26). The Morgan fingerprint density at radius 1 is 0.967 bits per heavy atom. The Morgan fingerprint density at radius 2 is 1.77 bits per heavy atom. The third kappa shape index (κ3) is 4.85. The highest BCUT2D eigenvalue weighted by Gasteiger charge is 2.15. The normalized spacial score (nSPS) is 10.2. The molecule has 154 valence electrons. The van der Waals surface area contributed by atoms with E-state index in [-0.39, 0.29) is 18.0 Å². The molecule has 3 rings (SSSR count). The molecule has 0 fully saturated rings. The molecule has 1 heterocycles. The first-order valence-electron chi connectivity index (χ1n) is 8.99. The molecule has 2 aromatic carbocycles. The summed E-state index contributed by atoms with van der Waals surface area (Å²) in [6.45, 7) is 0.131. The molecule has 0 saturated carbocycles. The molecule has 0 radical (unpaired) electrons. The van der Waals surface area contributed by atoms with Crippen LogP contribution in [0.1, 0.15) is 36.6 Å². The van der Waals surface area contributed by atoms with Crippen LogP contribution in [0.4, 0.5) is 5.69 Å². The maximum atomic E-state index is 12.7. The molecule has 1 aromatic heterocycles. The summed E-state index contributed by atoms with van der Waals surface area (Å²) in [5, 5.41) is 5.49. The summed E-state index contributed by atoms with van der Waals surface area (Å²) in [6.07, 6.45) is 2.73. The molecule has 0 bridgehead atoms. The number of rotatable bonds is 7. The van der Waals surface area contributed by atoms with Crippen molar-refractivity contribution in [2.24, 2.45) is 0 Å². The van der Waals surface area contributed by atoms with Gasteiger partial charge in [-0.2, -0.15) is 0 Å². The second kappa shape index (κ2) is 9.42. The van der Waals surface area contributed by atoms with Gasteiger partial charge in [-0.3, -0.25) is 9.59 Å². The highest BCUT2D eigenvalue weighted by molar-refractivity contribution is 6.06. The van der Waals surface area contributed by atoms with Gasteiger partial charge in [-0.05, 0) is 42.0 Å². The monoisotopic (exact) mass is 408 g/mol. The van der Waals surface area contributed by atoms with E-state index in [9.17, 15) is 14.4 Å². The highest BCUT2D eigenvalue weighted by atomic mass is 16.5. The number of carbonyl (C=O) groups excluding carboxylic acids is 3. The van der Waals surface area contributed by atoms with Crippen LogP contribution in [0.5, 0.6) is 5.75 Å². The van der Waals surface area contributed by atoms with Crippen molar-refractivity contribution in [3.8, 4) is 5.75 Å². The topological polar surface area (TPSA) is 107 Å². The van der Waals surface area contributed by atoms with E-state index in [0.29, 0.717) is 28.1 Å². The van der Waals surface area contributed by atoms with Gasteiger partial charge in [0.15, 0.2) is 0 Å². The van der Waals surface area contributed by atoms with Gasteiger partial charge in [-0.1, -0.05) is 12.1 Å². The van der Waals surface area contributed by atoms with Crippen molar-refractivity contribution in [3.05, 3.63) is 83.3 Å². The molecule has 8 heteroatoms. The Bertz CT molecular complexity index is 1060. The number of methoxy groups -OCH3 is 2. The maximum absolute atomic E-state index is 12.7. The van der Waals surface area contributed by atoms with Gasteiger partial charge in [-0.15, -0.1) is 0 Å². The van der Waals surface area contributed by atoms with Crippen LogP contribution < -0.4 is 15.4 Å². The fourth-order valence-electron chi connectivity index (χ4n) is 2.81. The van der Waals surface area contributed by atoms with Gasteiger partial charge in [-0.25, -0.2) is 4.79 Å². The van der Waals surface area contributed by atoms with Crippen molar-refractivity contribution in [2.45, 2.75) is 6.54 Å². The molecule has 2 N–H and O–H groups in total. The van der Waals surface area contributed by atoms with Crippen LogP contribution in [0.3, 0.4) is 0 Å². The molecular weight excluding hydrogens is 388 g/mol. The Labute approximate surface area is 172 Å². The van der Waals surface area contributed by atoms with Gasteiger partial charge < -0.3 is 24.5 Å². The number of para-hydroxylation sites is 1. The van der Waals surface area contributed by atoms with Crippen LogP contribution >= 0.6 is 0 Å². The van der Waals surface area contributed by atoms with Crippen LogP contribution in [0.25, 0.3) is 0 Å². The van der Waals surface area contributed by atoms with Gasteiger partial charge in [0.1, 0.15) is 12.0 Å². The van der Waals surface area contributed by atoms with Crippen LogP contribution in [-0.4, -0.2) is 32.0 Å². The molecule has 30 heavy (non-hydrogen) atoms. The van der Waals surface area contributed by atoms with Crippen LogP contribution in [0.2, 0.25) is 0 Å². The maximum Gasteiger partial charge on any atom is 0.337 e. The molecule has 0 atom stereocenters. The number of carbonyl (C=O) groups is 3. The van der Waals surface area contributed by atoms with Crippen molar-refractivity contribution < 1.29 is 28.3 Å². The number of hydrogen-bond donors (Lipinski definition) is 2. The molecule has 0 saturated heterocycles. The lowest BCUT2D eigenvalue weighted by molar-refractivity contribution is 0.0600. The van der Waals surface area contributed by atoms with Gasteiger partial charge in [0.25, 0.3) is 11.8 Å². The smallest absolute Gasteiger partial charge is 0.337 e. The molecule has 8 nitrogen and oxygen atoms in total. The number of nitrogens with one attached hydrogen (secondary N) is 2. The minimum Gasteiger partial charge on any atom is -0.496 e. The summed E-state index contributed by atoms with van der Waals surface area (Å²) in [7, 11) is 2.74. The summed E-state index contributed by atoms with van der Waals surface area (Å²) >= 11 is 0. The van der Waals surface area contributed by atoms with Crippen molar-refractivity contribution in [3.63, 3.8) is 0 Å². The largest absolute Gasteiger partial charge is 0.496 e. The van der Waals surface area contributed by atoms with E-state index in [1.807, 2.05) is 0 Å². The molecule has 3 aromatic rings. The quantitative estimate of drug-likeness (QED) is 0.581. The number of amides is 2. The molecule has 0 aliphatic rings. The summed E-state index contributed by atoms with van der Waals surface area (Å²) in [4.78, 5) is 36.9. The molecule has 0 unspecified atom stereocenters. The average molecular weight is 408 g/mol. The zero-order chi connectivity index (χ0) is 21.5. The number of furan rings is 1. The van der Waals surface area contributed by atoms with E-state index < -0.39 is 11.9 Å². The summed E-state index contributed by atoms with van der Waals surface area (Å²) in [5.41, 5.74) is 1.94. The third-order valence-corrected chi connectivity index (χ3v) is 4.26. The Hall–Kier alpha value is -4.07. The second-order valence-electron chi connectivity index (χ2n) is 6.26. The van der Waals surface area contributed by atoms with E-state index >= 15 is 0 Å². The average Bonchev–Trinajstić information content (AvgIpc) is 3.31. The van der Waals surface area contributed by atoms with Crippen LogP contribution in [-0.2, 0) is 11.3 Å². The summed E-state index contributed by atoms with van der Waals surface area (Å²) < 4.78 is 14.9. The van der Waals surface area contributed by atoms with Gasteiger partial charge in [0.2, 0.25) is 0 Å². The molecule has 0 aliphatic heterocycles. The Kier molecular flexibility index (Phi) is 6.49. The Balaban J connectivity index is 1.82. The lowest BCUT2D eigenvalue weighted by Crippen LogP contribution is -2.22. The van der Waals surface area contributed by atoms with E-state index in [0.717, 1.165) is 0 Å². The van der Waals surface area contributed by atoms with Gasteiger partial charge in [0.05, 0.1) is 37.2 Å². The second-order valence-corrected chi connectivity index (χ2v) is 6.26. The first-order valence-corrected chi connectivity index (χ1v) is 8.99. The SMILES string of the molecule is COC(=O)c1cc(CNC(=O)c2ccoc2)cc(NC(=O)c2ccccc2OC)c1. The molecule has 0 spiro atoms. The highest BCUT2D eigenvalue weighted by Crippen LogP contribution is 2.21. The van der Waals surface area contributed by atoms with Crippen molar-refractivity contribution in [2.75, 3.05) is 19.5 Å². The van der Waals surface area contributed by atoms with Gasteiger partial charge in [0, 0.05) is 12.2 Å². The van der Waals surface area contributed by atoms with Crippen molar-refractivity contribution >= 4 is 23.5 Å². The third-order valence-electron chi connectivity index (χ3n) is 4.26. The summed E-state index contributed by atoms with van der Waals surface area (Å²) in [6, 6.07) is 13.1. The van der Waals surface area contributed by atoms with E-state index in [1.54, 1.807) is 42.5 Å².